The predicted octanol–water partition coefficient (Wildman–Crippen LogP) is 6.20. The minimum Gasteiger partial charge on any atom is -0.504 e. The van der Waals surface area contributed by atoms with Crippen LogP contribution in [0.2, 0.25) is 0 Å². The lowest BCUT2D eigenvalue weighted by Crippen LogP contribution is -2.52. The lowest BCUT2D eigenvalue weighted by Gasteiger charge is -2.30. The van der Waals surface area contributed by atoms with Crippen LogP contribution >= 0.6 is 0 Å². The van der Waals surface area contributed by atoms with Gasteiger partial charge >= 0.3 is 12.1 Å². The molecule has 1 atom stereocenters. The van der Waals surface area contributed by atoms with Crippen molar-refractivity contribution in [3.05, 3.63) is 125 Å². The summed E-state index contributed by atoms with van der Waals surface area (Å²) in [7, 11) is 0. The van der Waals surface area contributed by atoms with Gasteiger partial charge in [-0.2, -0.15) is 0 Å². The highest BCUT2D eigenvalue weighted by atomic mass is 16.5. The van der Waals surface area contributed by atoms with Gasteiger partial charge in [0, 0.05) is 17.7 Å². The number of aromatic hydroxyl groups is 1. The number of anilines is 1. The molecule has 3 N–H and O–H groups in total. The minimum atomic E-state index is -1.68. The number of esters is 1. The van der Waals surface area contributed by atoms with Crippen LogP contribution < -0.4 is 15.4 Å². The van der Waals surface area contributed by atoms with E-state index in [2.05, 4.69) is 10.6 Å². The van der Waals surface area contributed by atoms with Crippen molar-refractivity contribution in [1.29, 1.82) is 0 Å². The molecule has 0 saturated heterocycles. The molecule has 0 bridgehead atoms. The molecule has 4 aromatic carbocycles. The number of carbonyl (C=O) groups is 3. The molecule has 0 spiro atoms. The summed E-state index contributed by atoms with van der Waals surface area (Å²) in [5.41, 5.74) is 1.29. The third-order valence-electron chi connectivity index (χ3n) is 6.74. The Morgan fingerprint density at radius 1 is 0.767 bits per heavy atom. The van der Waals surface area contributed by atoms with Crippen LogP contribution in [0.15, 0.2) is 103 Å². The molecule has 9 nitrogen and oxygen atoms in total. The molecule has 0 heterocycles. The number of phenols is 1. The van der Waals surface area contributed by atoms with Gasteiger partial charge in [0.25, 0.3) is 5.91 Å². The van der Waals surface area contributed by atoms with Crippen molar-refractivity contribution in [3.63, 3.8) is 0 Å². The van der Waals surface area contributed by atoms with Gasteiger partial charge in [-0.1, -0.05) is 91.9 Å². The summed E-state index contributed by atoms with van der Waals surface area (Å²) in [5, 5.41) is 16.1. The smallest absolute Gasteiger partial charge is 0.408 e. The summed E-state index contributed by atoms with van der Waals surface area (Å²) in [6, 6.07) is 29.9. The van der Waals surface area contributed by atoms with Crippen molar-refractivity contribution in [2.45, 2.75) is 45.6 Å². The molecule has 222 valence electrons. The maximum Gasteiger partial charge on any atom is 0.408 e. The average Bonchev–Trinajstić information content (AvgIpc) is 3.03. The fraction of sp³-hybridized carbons (Fsp3) is 0.206. The molecule has 0 unspecified atom stereocenters. The van der Waals surface area contributed by atoms with Gasteiger partial charge in [-0.15, -0.1) is 0 Å². The number of rotatable bonds is 12. The van der Waals surface area contributed by atoms with Crippen LogP contribution in [0.4, 0.5) is 10.5 Å². The highest BCUT2D eigenvalue weighted by Crippen LogP contribution is 2.33. The molecular formula is C34H34N2O7. The zero-order chi connectivity index (χ0) is 30.7. The number of ether oxygens (including phenoxy) is 3. The van der Waals surface area contributed by atoms with Gasteiger partial charge in [0.1, 0.15) is 25.4 Å². The molecule has 4 rings (SSSR count). The Balaban J connectivity index is 1.61. The maximum absolute atomic E-state index is 14.0. The van der Waals surface area contributed by atoms with Crippen LogP contribution in [-0.4, -0.2) is 23.1 Å². The van der Waals surface area contributed by atoms with Gasteiger partial charge in [-0.25, -0.2) is 4.79 Å². The van der Waals surface area contributed by atoms with E-state index in [4.69, 9.17) is 14.2 Å². The van der Waals surface area contributed by atoms with Gasteiger partial charge in [0.05, 0.1) is 0 Å². The van der Waals surface area contributed by atoms with Crippen LogP contribution in [0.1, 0.15) is 42.5 Å². The number of alkyl carbamates (subject to hydrolysis) is 1. The van der Waals surface area contributed by atoms with E-state index in [-0.39, 0.29) is 43.7 Å². The number of hydrogen-bond acceptors (Lipinski definition) is 7. The van der Waals surface area contributed by atoms with E-state index < -0.39 is 17.5 Å². The largest absolute Gasteiger partial charge is 0.504 e. The summed E-state index contributed by atoms with van der Waals surface area (Å²) in [6.07, 6.45) is -0.608. The summed E-state index contributed by atoms with van der Waals surface area (Å²) < 4.78 is 16.6. The summed E-state index contributed by atoms with van der Waals surface area (Å²) in [4.78, 5) is 38.8. The number of nitrogens with one attached hydrogen (secondary N) is 2. The molecule has 2 amide bonds. The topological polar surface area (TPSA) is 123 Å². The molecule has 0 aromatic heterocycles. The van der Waals surface area contributed by atoms with Crippen molar-refractivity contribution in [3.8, 4) is 11.5 Å². The summed E-state index contributed by atoms with van der Waals surface area (Å²) in [5.74, 6) is -0.970. The number of benzene rings is 4. The maximum atomic E-state index is 14.0. The van der Waals surface area contributed by atoms with E-state index in [0.717, 1.165) is 11.1 Å². The first kappa shape index (κ1) is 30.6. The standard InChI is InChI=1S/C34H34N2O7/c1-3-31(38)42-23-26-16-10-11-17-28(26)35-32(39)34(2,36-33(40)43-22-25-14-8-5-9-15-25)27-18-19-29(37)30(20-27)41-21-24-12-6-4-7-13-24/h4-20,37H,3,21-23H2,1-2H3,(H,35,39)(H,36,40)/t34-/m0/s1. The third kappa shape index (κ3) is 8.36. The second kappa shape index (κ2) is 14.5. The SMILES string of the molecule is CCC(=O)OCc1ccccc1NC(=O)[C@@](C)(NC(=O)OCc1ccccc1)c1ccc(O)c(OCc2ccccc2)c1. The van der Waals surface area contributed by atoms with Crippen molar-refractivity contribution in [2.75, 3.05) is 5.32 Å². The zero-order valence-electron chi connectivity index (χ0n) is 24.0. The number of para-hydroxylation sites is 1. The van der Waals surface area contributed by atoms with E-state index in [1.807, 2.05) is 60.7 Å². The Bertz CT molecular complexity index is 1540. The van der Waals surface area contributed by atoms with Crippen LogP contribution in [0.5, 0.6) is 11.5 Å². The highest BCUT2D eigenvalue weighted by Gasteiger charge is 2.38. The van der Waals surface area contributed by atoms with Gasteiger partial charge in [0.2, 0.25) is 0 Å². The molecule has 0 fully saturated rings. The molecule has 0 saturated carbocycles. The predicted molar refractivity (Wildman–Crippen MR) is 161 cm³/mol. The fourth-order valence-corrected chi connectivity index (χ4v) is 4.18. The van der Waals surface area contributed by atoms with Gasteiger partial charge < -0.3 is 30.0 Å². The molecule has 0 aliphatic carbocycles. The van der Waals surface area contributed by atoms with Crippen molar-refractivity contribution >= 4 is 23.7 Å². The molecule has 4 aromatic rings. The Morgan fingerprint density at radius 3 is 2.07 bits per heavy atom. The second-order valence-electron chi connectivity index (χ2n) is 9.89. The Labute approximate surface area is 250 Å². The molecule has 0 radical (unpaired) electrons. The number of carbonyl (C=O) groups excluding carboxylic acids is 3. The van der Waals surface area contributed by atoms with Crippen LogP contribution in [0.25, 0.3) is 0 Å². The summed E-state index contributed by atoms with van der Waals surface area (Å²) in [6.45, 7) is 3.36. The van der Waals surface area contributed by atoms with Crippen LogP contribution in [-0.2, 0) is 44.4 Å². The van der Waals surface area contributed by atoms with Crippen molar-refractivity contribution in [1.82, 2.24) is 5.32 Å². The lowest BCUT2D eigenvalue weighted by atomic mass is 9.90. The molecule has 43 heavy (non-hydrogen) atoms. The quantitative estimate of drug-likeness (QED) is 0.170. The van der Waals surface area contributed by atoms with Gasteiger partial charge in [-0.3, -0.25) is 9.59 Å². The first-order valence-corrected chi connectivity index (χ1v) is 13.8. The first-order chi connectivity index (χ1) is 20.8. The Hall–Kier alpha value is -5.31. The highest BCUT2D eigenvalue weighted by molar-refractivity contribution is 6.01. The number of phenolic OH excluding ortho intramolecular Hbond substituents is 1. The van der Waals surface area contributed by atoms with E-state index >= 15 is 0 Å². The van der Waals surface area contributed by atoms with Crippen LogP contribution in [0, 0.1) is 0 Å². The Kier molecular flexibility index (Phi) is 10.4. The first-order valence-electron chi connectivity index (χ1n) is 13.8. The van der Waals surface area contributed by atoms with E-state index in [1.54, 1.807) is 31.2 Å². The van der Waals surface area contributed by atoms with Gasteiger partial charge in [0.15, 0.2) is 11.5 Å². The van der Waals surface area contributed by atoms with Crippen LogP contribution in [0.3, 0.4) is 0 Å². The van der Waals surface area contributed by atoms with E-state index in [9.17, 15) is 19.5 Å². The minimum absolute atomic E-state index is 0.00296. The molecule has 9 heteroatoms. The second-order valence-corrected chi connectivity index (χ2v) is 9.89. The fourth-order valence-electron chi connectivity index (χ4n) is 4.18. The third-order valence-corrected chi connectivity index (χ3v) is 6.74. The zero-order valence-corrected chi connectivity index (χ0v) is 24.0. The molecule has 0 aliphatic heterocycles. The molecular weight excluding hydrogens is 548 g/mol. The van der Waals surface area contributed by atoms with Crippen molar-refractivity contribution in [2.24, 2.45) is 0 Å². The molecule has 0 aliphatic rings. The normalized spacial score (nSPS) is 12.0. The number of hydrogen-bond donors (Lipinski definition) is 3. The monoisotopic (exact) mass is 582 g/mol. The Morgan fingerprint density at radius 2 is 1.40 bits per heavy atom. The van der Waals surface area contributed by atoms with E-state index in [1.165, 1.54) is 25.1 Å². The van der Waals surface area contributed by atoms with E-state index in [0.29, 0.717) is 16.8 Å². The lowest BCUT2D eigenvalue weighted by molar-refractivity contribution is -0.144. The van der Waals surface area contributed by atoms with Gasteiger partial charge in [-0.05, 0) is 41.8 Å². The average molecular weight is 583 g/mol. The van der Waals surface area contributed by atoms with Crippen molar-refractivity contribution < 1.29 is 33.7 Å². The number of amides is 2. The summed E-state index contributed by atoms with van der Waals surface area (Å²) >= 11 is 0.